The number of anilines is 2. The average molecular weight is 399 g/mol. The summed E-state index contributed by atoms with van der Waals surface area (Å²) in [4.78, 5) is 36.3. The van der Waals surface area contributed by atoms with Gasteiger partial charge in [-0.3, -0.25) is 14.4 Å². The number of aryl methyl sites for hydroxylation is 1. The Labute approximate surface area is 165 Å². The number of hydrogen-bond donors (Lipinski definition) is 3. The van der Waals surface area contributed by atoms with Gasteiger partial charge in [-0.05, 0) is 43.3 Å². The SMILES string of the molecule is Cc1ccc(NC(=O)/C=C2/NC(=O)[C@@H](CC(=O)Nc3ccc(F)cc3)S2)cc1. The summed E-state index contributed by atoms with van der Waals surface area (Å²) in [6.45, 7) is 1.95. The van der Waals surface area contributed by atoms with E-state index in [9.17, 15) is 18.8 Å². The summed E-state index contributed by atoms with van der Waals surface area (Å²) in [6, 6.07) is 12.7. The Kier molecular flexibility index (Phi) is 6.10. The molecule has 3 rings (SSSR count). The third kappa shape index (κ3) is 5.43. The highest BCUT2D eigenvalue weighted by molar-refractivity contribution is 8.04. The van der Waals surface area contributed by atoms with E-state index in [0.29, 0.717) is 16.4 Å². The first-order valence-corrected chi connectivity index (χ1v) is 9.39. The molecule has 0 aromatic heterocycles. The second-order valence-corrected chi connectivity index (χ2v) is 7.46. The molecule has 0 unspecified atom stereocenters. The van der Waals surface area contributed by atoms with Crippen LogP contribution >= 0.6 is 11.8 Å². The van der Waals surface area contributed by atoms with Crippen molar-refractivity contribution in [1.82, 2.24) is 5.32 Å². The highest BCUT2D eigenvalue weighted by Gasteiger charge is 2.31. The van der Waals surface area contributed by atoms with Gasteiger partial charge in [0.15, 0.2) is 0 Å². The number of carbonyl (C=O) groups excluding carboxylic acids is 3. The van der Waals surface area contributed by atoms with Gasteiger partial charge in [-0.25, -0.2) is 4.39 Å². The maximum atomic E-state index is 12.9. The molecule has 1 saturated heterocycles. The zero-order valence-corrected chi connectivity index (χ0v) is 15.8. The zero-order valence-electron chi connectivity index (χ0n) is 15.0. The fourth-order valence-corrected chi connectivity index (χ4v) is 3.53. The molecule has 8 heteroatoms. The molecule has 28 heavy (non-hydrogen) atoms. The second kappa shape index (κ2) is 8.71. The molecule has 0 saturated carbocycles. The smallest absolute Gasteiger partial charge is 0.250 e. The van der Waals surface area contributed by atoms with Crippen LogP contribution in [0.3, 0.4) is 0 Å². The maximum absolute atomic E-state index is 12.9. The number of thioether (sulfide) groups is 1. The normalized spacial score (nSPS) is 17.3. The molecular formula is C20H18FN3O3S. The summed E-state index contributed by atoms with van der Waals surface area (Å²) >= 11 is 1.12. The van der Waals surface area contributed by atoms with Gasteiger partial charge >= 0.3 is 0 Å². The third-order valence-corrected chi connectivity index (χ3v) is 5.03. The third-order valence-electron chi connectivity index (χ3n) is 3.89. The van der Waals surface area contributed by atoms with Crippen molar-refractivity contribution in [1.29, 1.82) is 0 Å². The summed E-state index contributed by atoms with van der Waals surface area (Å²) in [5.74, 6) is -1.48. The first-order chi connectivity index (χ1) is 13.4. The van der Waals surface area contributed by atoms with Gasteiger partial charge in [0, 0.05) is 23.9 Å². The van der Waals surface area contributed by atoms with Gasteiger partial charge in [-0.1, -0.05) is 29.5 Å². The van der Waals surface area contributed by atoms with Crippen molar-refractivity contribution in [3.63, 3.8) is 0 Å². The molecule has 0 spiro atoms. The molecule has 1 aliphatic heterocycles. The number of hydrogen-bond acceptors (Lipinski definition) is 4. The minimum atomic E-state index is -0.640. The van der Waals surface area contributed by atoms with Gasteiger partial charge in [0.1, 0.15) is 5.82 Å². The topological polar surface area (TPSA) is 87.3 Å². The summed E-state index contributed by atoms with van der Waals surface area (Å²) in [6.07, 6.45) is 1.23. The number of nitrogens with one attached hydrogen (secondary N) is 3. The van der Waals surface area contributed by atoms with Gasteiger partial charge < -0.3 is 16.0 Å². The zero-order chi connectivity index (χ0) is 20.1. The first kappa shape index (κ1) is 19.6. The van der Waals surface area contributed by atoms with Crippen LogP contribution in [0.5, 0.6) is 0 Å². The van der Waals surface area contributed by atoms with E-state index in [1.807, 2.05) is 19.1 Å². The minimum Gasteiger partial charge on any atom is -0.326 e. The molecule has 0 radical (unpaired) electrons. The molecule has 3 N–H and O–H groups in total. The molecule has 1 heterocycles. The van der Waals surface area contributed by atoms with E-state index in [2.05, 4.69) is 16.0 Å². The summed E-state index contributed by atoms with van der Waals surface area (Å²) < 4.78 is 12.9. The Morgan fingerprint density at radius 1 is 1.07 bits per heavy atom. The molecule has 1 aliphatic rings. The number of benzene rings is 2. The maximum Gasteiger partial charge on any atom is 0.250 e. The Morgan fingerprint density at radius 2 is 1.68 bits per heavy atom. The number of halogens is 1. The Hall–Kier alpha value is -3.13. The van der Waals surface area contributed by atoms with Crippen molar-refractivity contribution in [3.8, 4) is 0 Å². The Bertz CT molecular complexity index is 927. The Morgan fingerprint density at radius 3 is 2.36 bits per heavy atom. The van der Waals surface area contributed by atoms with E-state index in [1.165, 1.54) is 30.3 Å². The van der Waals surface area contributed by atoms with Gasteiger partial charge in [0.25, 0.3) is 5.91 Å². The van der Waals surface area contributed by atoms with Gasteiger partial charge in [0.05, 0.1) is 10.3 Å². The predicted octanol–water partition coefficient (Wildman–Crippen LogP) is 3.17. The van der Waals surface area contributed by atoms with Crippen LogP contribution in [0.1, 0.15) is 12.0 Å². The van der Waals surface area contributed by atoms with Crippen LogP contribution in [-0.2, 0) is 14.4 Å². The van der Waals surface area contributed by atoms with Crippen molar-refractivity contribution in [2.75, 3.05) is 10.6 Å². The molecule has 0 aliphatic carbocycles. The van der Waals surface area contributed by atoms with E-state index in [4.69, 9.17) is 0 Å². The van der Waals surface area contributed by atoms with E-state index in [1.54, 1.807) is 12.1 Å². The van der Waals surface area contributed by atoms with E-state index < -0.39 is 11.1 Å². The quantitative estimate of drug-likeness (QED) is 0.674. The molecule has 0 bridgehead atoms. The van der Waals surface area contributed by atoms with Crippen LogP contribution in [0.4, 0.5) is 15.8 Å². The molecule has 2 aromatic carbocycles. The highest BCUT2D eigenvalue weighted by atomic mass is 32.2. The molecule has 6 nitrogen and oxygen atoms in total. The van der Waals surface area contributed by atoms with Crippen molar-refractivity contribution < 1.29 is 18.8 Å². The first-order valence-electron chi connectivity index (χ1n) is 8.51. The van der Waals surface area contributed by atoms with Crippen molar-refractivity contribution in [2.24, 2.45) is 0 Å². The van der Waals surface area contributed by atoms with Crippen LogP contribution < -0.4 is 16.0 Å². The highest BCUT2D eigenvalue weighted by Crippen LogP contribution is 2.29. The largest absolute Gasteiger partial charge is 0.326 e. The van der Waals surface area contributed by atoms with Gasteiger partial charge in [-0.15, -0.1) is 0 Å². The van der Waals surface area contributed by atoms with E-state index >= 15 is 0 Å². The lowest BCUT2D eigenvalue weighted by atomic mass is 10.2. The van der Waals surface area contributed by atoms with Crippen LogP contribution in [-0.4, -0.2) is 23.0 Å². The van der Waals surface area contributed by atoms with Crippen LogP contribution in [0.15, 0.2) is 59.6 Å². The fraction of sp³-hybridized carbons (Fsp3) is 0.150. The number of rotatable bonds is 5. The van der Waals surface area contributed by atoms with Crippen molar-refractivity contribution in [3.05, 3.63) is 71.0 Å². The number of carbonyl (C=O) groups is 3. The fourth-order valence-electron chi connectivity index (χ4n) is 2.49. The van der Waals surface area contributed by atoms with Crippen molar-refractivity contribution in [2.45, 2.75) is 18.6 Å². The minimum absolute atomic E-state index is 0.0647. The summed E-state index contributed by atoms with van der Waals surface area (Å²) in [7, 11) is 0. The lowest BCUT2D eigenvalue weighted by molar-refractivity contribution is -0.122. The molecule has 144 valence electrons. The summed E-state index contributed by atoms with van der Waals surface area (Å²) in [5.41, 5.74) is 2.18. The van der Waals surface area contributed by atoms with E-state index in [-0.39, 0.29) is 24.1 Å². The standard InChI is InChI=1S/C20H18FN3O3S/c1-12-2-6-14(7-3-12)23-18(26)11-19-24-20(27)16(28-19)10-17(25)22-15-8-4-13(21)5-9-15/h2-9,11,16H,10H2,1H3,(H,22,25)(H,23,26)(H,24,27)/b19-11-/t16-/m1/s1. The predicted molar refractivity (Wildman–Crippen MR) is 107 cm³/mol. The molecule has 1 fully saturated rings. The molecular weight excluding hydrogens is 381 g/mol. The molecule has 2 aromatic rings. The van der Waals surface area contributed by atoms with Crippen LogP contribution in [0.2, 0.25) is 0 Å². The monoisotopic (exact) mass is 399 g/mol. The lowest BCUT2D eigenvalue weighted by Crippen LogP contribution is -2.26. The van der Waals surface area contributed by atoms with Gasteiger partial charge in [0.2, 0.25) is 11.8 Å². The molecule has 3 amide bonds. The van der Waals surface area contributed by atoms with Crippen LogP contribution in [0, 0.1) is 12.7 Å². The summed E-state index contributed by atoms with van der Waals surface area (Å²) in [5, 5.41) is 7.67. The number of amides is 3. The van der Waals surface area contributed by atoms with Crippen LogP contribution in [0.25, 0.3) is 0 Å². The second-order valence-electron chi connectivity index (χ2n) is 6.22. The molecule has 1 atom stereocenters. The van der Waals surface area contributed by atoms with Crippen molar-refractivity contribution >= 4 is 40.9 Å². The Balaban J connectivity index is 1.54. The lowest BCUT2D eigenvalue weighted by Gasteiger charge is -2.07. The average Bonchev–Trinajstić information content (AvgIpc) is 2.97. The van der Waals surface area contributed by atoms with E-state index in [0.717, 1.165) is 17.3 Å². The van der Waals surface area contributed by atoms with Gasteiger partial charge in [-0.2, -0.15) is 0 Å².